The second-order valence-electron chi connectivity index (χ2n) is 7.41. The molecule has 0 radical (unpaired) electrons. The molecule has 0 spiro atoms. The van der Waals surface area contributed by atoms with Gasteiger partial charge in [-0.3, -0.25) is 0 Å². The number of ether oxygens (including phenoxy) is 1. The van der Waals surface area contributed by atoms with Crippen molar-refractivity contribution in [2.75, 3.05) is 7.11 Å². The van der Waals surface area contributed by atoms with Crippen LogP contribution >= 0.6 is 12.4 Å². The van der Waals surface area contributed by atoms with Crippen molar-refractivity contribution in [1.29, 1.82) is 0 Å². The molecule has 2 saturated carbocycles. The fraction of sp³-hybridized carbons (Fsp3) is 0.579. The zero-order valence-corrected chi connectivity index (χ0v) is 15.7. The van der Waals surface area contributed by atoms with Crippen LogP contribution in [0.3, 0.4) is 0 Å². The van der Waals surface area contributed by atoms with Gasteiger partial charge < -0.3 is 15.0 Å². The van der Waals surface area contributed by atoms with Crippen molar-refractivity contribution in [3.05, 3.63) is 41.0 Å². The van der Waals surface area contributed by atoms with Crippen LogP contribution < -0.4 is 10.5 Å². The first-order valence-corrected chi connectivity index (χ1v) is 8.86. The Bertz CT molecular complexity index is 749. The molecule has 0 saturated heterocycles. The lowest BCUT2D eigenvalue weighted by atomic mass is 9.76. The highest BCUT2D eigenvalue weighted by molar-refractivity contribution is 5.85. The molecule has 0 amide bonds. The van der Waals surface area contributed by atoms with Crippen molar-refractivity contribution >= 4 is 12.4 Å². The van der Waals surface area contributed by atoms with Gasteiger partial charge in [-0.15, -0.1) is 12.4 Å². The maximum absolute atomic E-state index is 6.38. The van der Waals surface area contributed by atoms with Crippen LogP contribution in [0.2, 0.25) is 0 Å². The smallest absolute Gasteiger partial charge is 0.237 e. The van der Waals surface area contributed by atoms with E-state index in [4.69, 9.17) is 20.0 Å². The van der Waals surface area contributed by atoms with Crippen molar-refractivity contribution in [3.63, 3.8) is 0 Å². The second kappa shape index (κ2) is 6.61. The van der Waals surface area contributed by atoms with Crippen LogP contribution in [0.1, 0.15) is 67.8 Å². The highest BCUT2D eigenvalue weighted by Gasteiger charge is 2.45. The highest BCUT2D eigenvalue weighted by atomic mass is 35.5. The average Bonchev–Trinajstić information content (AvgIpc) is 3.23. The van der Waals surface area contributed by atoms with Gasteiger partial charge in [-0.05, 0) is 56.2 Å². The van der Waals surface area contributed by atoms with Gasteiger partial charge in [0.2, 0.25) is 5.89 Å². The Hall–Kier alpha value is -1.59. The standard InChI is InChI=1S/C19H25N3O2.ClH/c1-13-6-7-14(12-15(13)23-2)18(8-3-4-9-18)17-21-16(22-24-17)19(20)10-5-11-19;/h6-7,12H,3-5,8-11,20H2,1-2H3;1H. The quantitative estimate of drug-likeness (QED) is 0.888. The van der Waals surface area contributed by atoms with Crippen LogP contribution in [0.25, 0.3) is 0 Å². The van der Waals surface area contributed by atoms with Crippen LogP contribution in [0.15, 0.2) is 22.7 Å². The van der Waals surface area contributed by atoms with E-state index in [1.807, 2.05) is 0 Å². The summed E-state index contributed by atoms with van der Waals surface area (Å²) >= 11 is 0. The number of halogens is 1. The first-order chi connectivity index (χ1) is 11.6. The van der Waals surface area contributed by atoms with Crippen LogP contribution in [0.5, 0.6) is 5.75 Å². The minimum atomic E-state index is -0.382. The maximum Gasteiger partial charge on any atom is 0.237 e. The third-order valence-electron chi connectivity index (χ3n) is 5.94. The molecule has 0 bridgehead atoms. The van der Waals surface area contributed by atoms with Crippen LogP contribution in [0.4, 0.5) is 0 Å². The molecule has 2 N–H and O–H groups in total. The molecule has 0 atom stereocenters. The summed E-state index contributed by atoms with van der Waals surface area (Å²) in [6.07, 6.45) is 7.41. The van der Waals surface area contributed by atoms with Crippen LogP contribution in [0, 0.1) is 6.92 Å². The number of nitrogens with zero attached hydrogens (tertiary/aromatic N) is 2. The largest absolute Gasteiger partial charge is 0.496 e. The number of nitrogens with two attached hydrogens (primary N) is 1. The molecule has 0 aliphatic heterocycles. The minimum Gasteiger partial charge on any atom is -0.496 e. The summed E-state index contributed by atoms with van der Waals surface area (Å²) in [4.78, 5) is 4.77. The number of aromatic nitrogens is 2. The van der Waals surface area contributed by atoms with Crippen LogP contribution in [-0.4, -0.2) is 17.3 Å². The summed E-state index contributed by atoms with van der Waals surface area (Å²) < 4.78 is 11.3. The van der Waals surface area contributed by atoms with Gasteiger partial charge in [0.25, 0.3) is 0 Å². The molecule has 1 aromatic heterocycles. The third-order valence-corrected chi connectivity index (χ3v) is 5.94. The van der Waals surface area contributed by atoms with E-state index in [9.17, 15) is 0 Å². The molecule has 0 unspecified atom stereocenters. The molecule has 1 heterocycles. The Balaban J connectivity index is 0.00000182. The van der Waals surface area contributed by atoms with E-state index in [2.05, 4.69) is 30.3 Å². The van der Waals surface area contributed by atoms with E-state index in [0.717, 1.165) is 49.3 Å². The van der Waals surface area contributed by atoms with E-state index in [1.54, 1.807) is 7.11 Å². The Morgan fingerprint density at radius 2 is 1.84 bits per heavy atom. The number of rotatable bonds is 4. The lowest BCUT2D eigenvalue weighted by molar-refractivity contribution is 0.227. The summed E-state index contributed by atoms with van der Waals surface area (Å²) in [5.41, 5.74) is 8.14. The number of benzene rings is 1. The molecule has 136 valence electrons. The summed E-state index contributed by atoms with van der Waals surface area (Å²) in [6, 6.07) is 6.42. The van der Waals surface area contributed by atoms with Gasteiger partial charge in [0.05, 0.1) is 18.1 Å². The minimum absolute atomic E-state index is 0. The molecule has 2 aromatic rings. The fourth-order valence-corrected chi connectivity index (χ4v) is 4.12. The predicted octanol–water partition coefficient (Wildman–Crippen LogP) is 4.01. The summed E-state index contributed by atoms with van der Waals surface area (Å²) in [5.74, 6) is 2.31. The first kappa shape index (κ1) is 18.2. The van der Waals surface area contributed by atoms with E-state index in [1.165, 1.54) is 18.4 Å². The first-order valence-electron chi connectivity index (χ1n) is 8.86. The van der Waals surface area contributed by atoms with Gasteiger partial charge >= 0.3 is 0 Å². The van der Waals surface area contributed by atoms with Gasteiger partial charge in [0.1, 0.15) is 5.75 Å². The topological polar surface area (TPSA) is 74.2 Å². The average molecular weight is 364 g/mol. The lowest BCUT2D eigenvalue weighted by Crippen LogP contribution is -2.44. The van der Waals surface area contributed by atoms with Gasteiger partial charge in [-0.25, -0.2) is 0 Å². The summed E-state index contributed by atoms with van der Waals surface area (Å²) in [6.45, 7) is 2.06. The van der Waals surface area contributed by atoms with Crippen molar-refractivity contribution in [3.8, 4) is 5.75 Å². The van der Waals surface area contributed by atoms with Crippen molar-refractivity contribution in [2.45, 2.75) is 62.8 Å². The number of aryl methyl sites for hydroxylation is 1. The molecular weight excluding hydrogens is 338 g/mol. The lowest BCUT2D eigenvalue weighted by Gasteiger charge is -2.34. The summed E-state index contributed by atoms with van der Waals surface area (Å²) in [7, 11) is 1.72. The Labute approximate surface area is 154 Å². The molecule has 25 heavy (non-hydrogen) atoms. The van der Waals surface area contributed by atoms with Gasteiger partial charge in [0, 0.05) is 0 Å². The summed E-state index contributed by atoms with van der Waals surface area (Å²) in [5, 5.41) is 4.24. The zero-order valence-electron chi connectivity index (χ0n) is 14.9. The normalized spacial score (nSPS) is 20.6. The Morgan fingerprint density at radius 3 is 2.44 bits per heavy atom. The molecule has 2 aliphatic carbocycles. The third kappa shape index (κ3) is 2.83. The predicted molar refractivity (Wildman–Crippen MR) is 98.2 cm³/mol. The van der Waals surface area contributed by atoms with Crippen molar-refractivity contribution < 1.29 is 9.26 Å². The molecule has 2 fully saturated rings. The molecule has 2 aliphatic rings. The number of hydrogen-bond acceptors (Lipinski definition) is 5. The maximum atomic E-state index is 6.38. The molecule has 4 rings (SSSR count). The Kier molecular flexibility index (Phi) is 4.82. The number of hydrogen-bond donors (Lipinski definition) is 1. The molecular formula is C19H26ClN3O2. The second-order valence-corrected chi connectivity index (χ2v) is 7.41. The van der Waals surface area contributed by atoms with Crippen molar-refractivity contribution in [2.24, 2.45) is 5.73 Å². The zero-order chi connectivity index (χ0) is 16.8. The molecule has 1 aromatic carbocycles. The number of methoxy groups -OCH3 is 1. The molecule has 6 heteroatoms. The van der Waals surface area contributed by atoms with Crippen molar-refractivity contribution in [1.82, 2.24) is 10.1 Å². The monoisotopic (exact) mass is 363 g/mol. The van der Waals surface area contributed by atoms with E-state index < -0.39 is 0 Å². The highest BCUT2D eigenvalue weighted by Crippen LogP contribution is 2.47. The SMILES string of the molecule is COc1cc(C2(c3nc(C4(N)CCC4)no3)CCCC2)ccc1C.Cl. The van der Waals surface area contributed by atoms with E-state index in [0.29, 0.717) is 5.82 Å². The van der Waals surface area contributed by atoms with Gasteiger partial charge in [0.15, 0.2) is 5.82 Å². The van der Waals surface area contributed by atoms with Gasteiger partial charge in [-0.1, -0.05) is 30.1 Å². The van der Waals surface area contributed by atoms with E-state index in [-0.39, 0.29) is 23.4 Å². The van der Waals surface area contributed by atoms with E-state index >= 15 is 0 Å². The van der Waals surface area contributed by atoms with Gasteiger partial charge in [-0.2, -0.15) is 4.98 Å². The molecule has 5 nitrogen and oxygen atoms in total. The Morgan fingerprint density at radius 1 is 1.12 bits per heavy atom. The van der Waals surface area contributed by atoms with Crippen LogP contribution in [-0.2, 0) is 11.0 Å². The fourth-order valence-electron chi connectivity index (χ4n) is 4.12.